The van der Waals surface area contributed by atoms with E-state index in [9.17, 15) is 0 Å². The van der Waals surface area contributed by atoms with Crippen LogP contribution in [0.1, 0.15) is 24.5 Å². The van der Waals surface area contributed by atoms with Gasteiger partial charge in [-0.3, -0.25) is 0 Å². The van der Waals surface area contributed by atoms with Crippen molar-refractivity contribution in [3.8, 4) is 11.5 Å². The van der Waals surface area contributed by atoms with Gasteiger partial charge in [-0.25, -0.2) is 0 Å². The van der Waals surface area contributed by atoms with Gasteiger partial charge in [0.15, 0.2) is 0 Å². The second-order valence-corrected chi connectivity index (χ2v) is 5.09. The van der Waals surface area contributed by atoms with Crippen molar-refractivity contribution in [1.29, 1.82) is 0 Å². The summed E-state index contributed by atoms with van der Waals surface area (Å²) in [5.74, 6) is 1.65. The zero-order valence-corrected chi connectivity index (χ0v) is 11.4. The maximum absolute atomic E-state index is 6.15. The second kappa shape index (κ2) is 6.07. The Kier molecular flexibility index (Phi) is 4.00. The molecular formula is C17H19NO2. The summed E-state index contributed by atoms with van der Waals surface area (Å²) in [5.41, 5.74) is 7.24. The van der Waals surface area contributed by atoms with Gasteiger partial charge in [-0.05, 0) is 42.7 Å². The van der Waals surface area contributed by atoms with E-state index in [1.54, 1.807) is 0 Å². The van der Waals surface area contributed by atoms with Crippen molar-refractivity contribution in [2.24, 2.45) is 5.73 Å². The molecule has 0 saturated carbocycles. The van der Waals surface area contributed by atoms with Crippen LogP contribution in [0, 0.1) is 0 Å². The first kappa shape index (κ1) is 13.2. The number of ether oxygens (including phenoxy) is 2. The van der Waals surface area contributed by atoms with Gasteiger partial charge >= 0.3 is 0 Å². The SMILES string of the molecule is NC1CCCOC1c1cccc(Oc2ccccc2)c1. The third kappa shape index (κ3) is 3.00. The minimum Gasteiger partial charge on any atom is -0.457 e. The Morgan fingerprint density at radius 1 is 1.00 bits per heavy atom. The van der Waals surface area contributed by atoms with Crippen molar-refractivity contribution in [2.45, 2.75) is 25.0 Å². The maximum atomic E-state index is 6.15. The molecule has 2 aromatic rings. The quantitative estimate of drug-likeness (QED) is 0.924. The van der Waals surface area contributed by atoms with Gasteiger partial charge in [0.2, 0.25) is 0 Å². The standard InChI is InChI=1S/C17H19NO2/c18-16-10-5-11-19-17(16)13-6-4-9-15(12-13)20-14-7-2-1-3-8-14/h1-4,6-9,12,16-17H,5,10-11,18H2. The fourth-order valence-corrected chi connectivity index (χ4v) is 2.53. The van der Waals surface area contributed by atoms with E-state index in [-0.39, 0.29) is 12.1 Å². The smallest absolute Gasteiger partial charge is 0.127 e. The Bertz CT molecular complexity index is 556. The van der Waals surface area contributed by atoms with Crippen LogP contribution < -0.4 is 10.5 Å². The van der Waals surface area contributed by atoms with Crippen LogP contribution in [0.5, 0.6) is 11.5 Å². The molecule has 0 spiro atoms. The molecular weight excluding hydrogens is 250 g/mol. The Hall–Kier alpha value is -1.84. The first-order valence-electron chi connectivity index (χ1n) is 7.03. The third-order valence-corrected chi connectivity index (χ3v) is 3.53. The minimum absolute atomic E-state index is 0.0249. The summed E-state index contributed by atoms with van der Waals surface area (Å²) in [6.45, 7) is 0.780. The summed E-state index contributed by atoms with van der Waals surface area (Å²) in [4.78, 5) is 0. The highest BCUT2D eigenvalue weighted by Crippen LogP contribution is 2.30. The van der Waals surface area contributed by atoms with E-state index in [0.29, 0.717) is 0 Å². The van der Waals surface area contributed by atoms with Crippen LogP contribution in [0.25, 0.3) is 0 Å². The number of hydrogen-bond donors (Lipinski definition) is 1. The van der Waals surface area contributed by atoms with Crippen molar-refractivity contribution >= 4 is 0 Å². The minimum atomic E-state index is -0.0249. The highest BCUT2D eigenvalue weighted by atomic mass is 16.5. The van der Waals surface area contributed by atoms with Gasteiger partial charge in [0.05, 0.1) is 6.10 Å². The fraction of sp³-hybridized carbons (Fsp3) is 0.294. The normalized spacial score (nSPS) is 22.4. The summed E-state index contributed by atoms with van der Waals surface area (Å²) < 4.78 is 11.6. The van der Waals surface area contributed by atoms with E-state index in [1.165, 1.54) is 0 Å². The van der Waals surface area contributed by atoms with E-state index in [0.717, 1.165) is 36.5 Å². The molecule has 2 unspecified atom stereocenters. The average molecular weight is 269 g/mol. The molecule has 2 aromatic carbocycles. The summed E-state index contributed by atoms with van der Waals surface area (Å²) in [7, 11) is 0. The zero-order chi connectivity index (χ0) is 13.8. The number of rotatable bonds is 3. The molecule has 1 aliphatic rings. The molecule has 104 valence electrons. The van der Waals surface area contributed by atoms with Crippen LogP contribution >= 0.6 is 0 Å². The largest absolute Gasteiger partial charge is 0.457 e. The van der Waals surface area contributed by atoms with Crippen molar-refractivity contribution in [2.75, 3.05) is 6.61 Å². The monoisotopic (exact) mass is 269 g/mol. The van der Waals surface area contributed by atoms with Crippen LogP contribution in [-0.2, 0) is 4.74 Å². The lowest BCUT2D eigenvalue weighted by Crippen LogP contribution is -2.34. The van der Waals surface area contributed by atoms with Crippen LogP contribution in [0.3, 0.4) is 0 Å². The predicted molar refractivity (Wildman–Crippen MR) is 78.9 cm³/mol. The number of para-hydroxylation sites is 1. The molecule has 0 bridgehead atoms. The van der Waals surface area contributed by atoms with Crippen LogP contribution in [0.2, 0.25) is 0 Å². The molecule has 2 atom stereocenters. The van der Waals surface area contributed by atoms with Crippen molar-refractivity contribution in [1.82, 2.24) is 0 Å². The lowest BCUT2D eigenvalue weighted by molar-refractivity contribution is 0.0000624. The molecule has 0 aliphatic carbocycles. The van der Waals surface area contributed by atoms with Crippen LogP contribution in [0.4, 0.5) is 0 Å². The van der Waals surface area contributed by atoms with Crippen molar-refractivity contribution < 1.29 is 9.47 Å². The van der Waals surface area contributed by atoms with Gasteiger partial charge in [-0.1, -0.05) is 30.3 Å². The molecule has 1 fully saturated rings. The van der Waals surface area contributed by atoms with E-state index in [1.807, 2.05) is 54.6 Å². The van der Waals surface area contributed by atoms with E-state index in [2.05, 4.69) is 0 Å². The molecule has 3 heteroatoms. The van der Waals surface area contributed by atoms with Gasteiger partial charge in [0, 0.05) is 12.6 Å². The first-order chi connectivity index (χ1) is 9.83. The predicted octanol–water partition coefficient (Wildman–Crippen LogP) is 3.66. The summed E-state index contributed by atoms with van der Waals surface area (Å²) in [6.07, 6.45) is 2.02. The Morgan fingerprint density at radius 3 is 2.60 bits per heavy atom. The van der Waals surface area contributed by atoms with E-state index < -0.39 is 0 Å². The molecule has 20 heavy (non-hydrogen) atoms. The van der Waals surface area contributed by atoms with Gasteiger partial charge in [-0.15, -0.1) is 0 Å². The van der Waals surface area contributed by atoms with Gasteiger partial charge < -0.3 is 15.2 Å². The average Bonchev–Trinajstić information content (AvgIpc) is 2.49. The highest BCUT2D eigenvalue weighted by Gasteiger charge is 2.24. The Balaban J connectivity index is 1.79. The molecule has 0 aromatic heterocycles. The van der Waals surface area contributed by atoms with E-state index >= 15 is 0 Å². The first-order valence-corrected chi connectivity index (χ1v) is 7.03. The molecule has 1 heterocycles. The molecule has 2 N–H and O–H groups in total. The highest BCUT2D eigenvalue weighted by molar-refractivity contribution is 5.35. The number of hydrogen-bond acceptors (Lipinski definition) is 3. The van der Waals surface area contributed by atoms with Crippen LogP contribution in [0.15, 0.2) is 54.6 Å². The molecule has 1 aliphatic heterocycles. The van der Waals surface area contributed by atoms with Crippen molar-refractivity contribution in [3.63, 3.8) is 0 Å². The van der Waals surface area contributed by atoms with E-state index in [4.69, 9.17) is 15.2 Å². The van der Waals surface area contributed by atoms with Crippen molar-refractivity contribution in [3.05, 3.63) is 60.2 Å². The zero-order valence-electron chi connectivity index (χ0n) is 11.4. The fourth-order valence-electron chi connectivity index (χ4n) is 2.53. The maximum Gasteiger partial charge on any atom is 0.127 e. The van der Waals surface area contributed by atoms with Crippen LogP contribution in [-0.4, -0.2) is 12.6 Å². The second-order valence-electron chi connectivity index (χ2n) is 5.09. The summed E-state index contributed by atoms with van der Waals surface area (Å²) >= 11 is 0. The van der Waals surface area contributed by atoms with Gasteiger partial charge in [0.25, 0.3) is 0 Å². The lowest BCUT2D eigenvalue weighted by atomic mass is 9.97. The summed E-state index contributed by atoms with van der Waals surface area (Å²) in [6, 6.07) is 17.8. The lowest BCUT2D eigenvalue weighted by Gasteiger charge is -2.29. The topological polar surface area (TPSA) is 44.5 Å². The number of benzene rings is 2. The molecule has 0 amide bonds. The summed E-state index contributed by atoms with van der Waals surface area (Å²) in [5, 5.41) is 0. The molecule has 0 radical (unpaired) electrons. The Morgan fingerprint density at radius 2 is 1.80 bits per heavy atom. The van der Waals surface area contributed by atoms with Gasteiger partial charge in [0.1, 0.15) is 11.5 Å². The van der Waals surface area contributed by atoms with Gasteiger partial charge in [-0.2, -0.15) is 0 Å². The molecule has 1 saturated heterocycles. The molecule has 3 nitrogen and oxygen atoms in total. The third-order valence-electron chi connectivity index (χ3n) is 3.53. The number of nitrogens with two attached hydrogens (primary N) is 1. The molecule has 3 rings (SSSR count). The Labute approximate surface area is 119 Å².